The van der Waals surface area contributed by atoms with E-state index < -0.39 is 0 Å². The van der Waals surface area contributed by atoms with Crippen LogP contribution in [-0.4, -0.2) is 21.2 Å². The molecule has 2 aromatic carbocycles. The van der Waals surface area contributed by atoms with Crippen LogP contribution in [0.25, 0.3) is 10.9 Å². The molecule has 7 rings (SSSR count). The van der Waals surface area contributed by atoms with Gasteiger partial charge in [0.1, 0.15) is 5.82 Å². The molecule has 0 aliphatic heterocycles. The molecule has 30 heavy (non-hydrogen) atoms. The van der Waals surface area contributed by atoms with Crippen LogP contribution < -0.4 is 5.32 Å². The lowest BCUT2D eigenvalue weighted by Gasteiger charge is -2.56. The van der Waals surface area contributed by atoms with Gasteiger partial charge in [0.15, 0.2) is 5.69 Å². The number of para-hydroxylation sites is 1. The third-order valence-electron chi connectivity index (χ3n) is 7.54. The molecule has 0 spiro atoms. The molecule has 4 saturated carbocycles. The number of carbonyl (C=O) groups is 1. The van der Waals surface area contributed by atoms with Crippen molar-refractivity contribution in [2.45, 2.75) is 50.6 Å². The number of carbonyl (C=O) groups excluding carboxylic acids is 1. The highest BCUT2D eigenvalue weighted by molar-refractivity contribution is 6.05. The summed E-state index contributed by atoms with van der Waals surface area (Å²) in [6.07, 6.45) is 7.43. The number of fused-ring (bicyclic) bond motifs is 1. The molecule has 154 valence electrons. The van der Waals surface area contributed by atoms with Crippen LogP contribution in [0, 0.1) is 23.6 Å². The van der Waals surface area contributed by atoms with Crippen LogP contribution in [0.5, 0.6) is 0 Å². The van der Waals surface area contributed by atoms with Crippen LogP contribution in [0.4, 0.5) is 4.39 Å². The van der Waals surface area contributed by atoms with Crippen molar-refractivity contribution in [3.05, 3.63) is 65.6 Å². The molecule has 4 bridgehead atoms. The van der Waals surface area contributed by atoms with E-state index in [1.165, 1.54) is 31.4 Å². The van der Waals surface area contributed by atoms with Gasteiger partial charge in [0.05, 0.1) is 12.1 Å². The zero-order chi connectivity index (χ0) is 20.3. The van der Waals surface area contributed by atoms with E-state index in [1.54, 1.807) is 12.1 Å². The third kappa shape index (κ3) is 3.03. The minimum absolute atomic E-state index is 0.0341. The normalized spacial score (nSPS) is 29.4. The van der Waals surface area contributed by atoms with Gasteiger partial charge in [-0.05, 0) is 80.0 Å². The number of rotatable bonds is 4. The van der Waals surface area contributed by atoms with Gasteiger partial charge in [0.2, 0.25) is 0 Å². The maximum absolute atomic E-state index is 13.4. The lowest BCUT2D eigenvalue weighted by molar-refractivity contribution is -0.0167. The quantitative estimate of drug-likeness (QED) is 0.672. The van der Waals surface area contributed by atoms with Crippen molar-refractivity contribution in [2.24, 2.45) is 17.8 Å². The van der Waals surface area contributed by atoms with Crippen LogP contribution in [0.1, 0.15) is 54.6 Å². The molecule has 3 aromatic rings. The average molecular weight is 404 g/mol. The molecular formula is C25H26FN3O. The van der Waals surface area contributed by atoms with Crippen molar-refractivity contribution in [3.8, 4) is 0 Å². The van der Waals surface area contributed by atoms with Crippen molar-refractivity contribution in [1.29, 1.82) is 0 Å². The highest BCUT2D eigenvalue weighted by Gasteiger charge is 2.51. The molecule has 1 aromatic heterocycles. The molecule has 4 nitrogen and oxygen atoms in total. The van der Waals surface area contributed by atoms with Crippen molar-refractivity contribution in [2.75, 3.05) is 0 Å². The summed E-state index contributed by atoms with van der Waals surface area (Å²) in [5, 5.41) is 9.05. The first-order valence-corrected chi connectivity index (χ1v) is 11.1. The van der Waals surface area contributed by atoms with Crippen molar-refractivity contribution in [1.82, 2.24) is 15.1 Å². The summed E-state index contributed by atoms with van der Waals surface area (Å²) >= 11 is 0. The minimum atomic E-state index is -0.250. The molecular weight excluding hydrogens is 377 g/mol. The van der Waals surface area contributed by atoms with E-state index in [9.17, 15) is 9.18 Å². The fourth-order valence-corrected chi connectivity index (χ4v) is 6.74. The number of amides is 1. The minimum Gasteiger partial charge on any atom is -0.345 e. The summed E-state index contributed by atoms with van der Waals surface area (Å²) in [5.74, 6) is 2.05. The van der Waals surface area contributed by atoms with Gasteiger partial charge in [-0.2, -0.15) is 5.10 Å². The first-order valence-electron chi connectivity index (χ1n) is 11.1. The van der Waals surface area contributed by atoms with Crippen molar-refractivity contribution < 1.29 is 9.18 Å². The molecule has 1 amide bonds. The Hall–Kier alpha value is -2.69. The Morgan fingerprint density at radius 3 is 2.30 bits per heavy atom. The molecule has 4 aliphatic carbocycles. The van der Waals surface area contributed by atoms with Gasteiger partial charge >= 0.3 is 0 Å². The molecule has 1 heterocycles. The van der Waals surface area contributed by atoms with Crippen LogP contribution >= 0.6 is 0 Å². The number of nitrogens with one attached hydrogen (secondary N) is 1. The first kappa shape index (κ1) is 18.1. The Morgan fingerprint density at radius 1 is 1.00 bits per heavy atom. The summed E-state index contributed by atoms with van der Waals surface area (Å²) < 4.78 is 15.1. The van der Waals surface area contributed by atoms with Gasteiger partial charge in [-0.3, -0.25) is 9.48 Å². The maximum Gasteiger partial charge on any atom is 0.272 e. The number of hydrogen-bond acceptors (Lipinski definition) is 2. The summed E-state index contributed by atoms with van der Waals surface area (Å²) in [6, 6.07) is 14.3. The fraction of sp³-hybridized carbons (Fsp3) is 0.440. The molecule has 0 saturated heterocycles. The Labute approximate surface area is 175 Å². The second-order valence-corrected chi connectivity index (χ2v) is 9.80. The maximum atomic E-state index is 13.4. The molecule has 0 unspecified atom stereocenters. The van der Waals surface area contributed by atoms with Crippen LogP contribution in [0.15, 0.2) is 48.5 Å². The van der Waals surface area contributed by atoms with Crippen molar-refractivity contribution >= 4 is 16.8 Å². The predicted molar refractivity (Wildman–Crippen MR) is 114 cm³/mol. The van der Waals surface area contributed by atoms with E-state index in [-0.39, 0.29) is 17.3 Å². The number of hydrogen-bond donors (Lipinski definition) is 1. The molecule has 1 N–H and O–H groups in total. The summed E-state index contributed by atoms with van der Waals surface area (Å²) in [6.45, 7) is 0.505. The zero-order valence-electron chi connectivity index (χ0n) is 17.0. The largest absolute Gasteiger partial charge is 0.345 e. The smallest absolute Gasteiger partial charge is 0.272 e. The number of benzene rings is 2. The SMILES string of the molecule is O=C(NC12CC3CC(CC(C3)C1)C2)c1nn(Cc2ccc(F)cc2)c2ccccc12. The van der Waals surface area contributed by atoms with E-state index >= 15 is 0 Å². The van der Waals surface area contributed by atoms with E-state index in [4.69, 9.17) is 5.10 Å². The highest BCUT2D eigenvalue weighted by Crippen LogP contribution is 2.55. The molecule has 4 aliphatic rings. The topological polar surface area (TPSA) is 46.9 Å². The van der Waals surface area contributed by atoms with Gasteiger partial charge < -0.3 is 5.32 Å². The number of nitrogens with zero attached hydrogens (tertiary/aromatic N) is 2. The third-order valence-corrected chi connectivity index (χ3v) is 7.54. The summed E-state index contributed by atoms with van der Waals surface area (Å²) in [5.41, 5.74) is 2.35. The number of aromatic nitrogens is 2. The Balaban J connectivity index is 1.31. The van der Waals surface area contributed by atoms with Gasteiger partial charge in [-0.25, -0.2) is 4.39 Å². The summed E-state index contributed by atoms with van der Waals surface area (Å²) in [4.78, 5) is 13.4. The van der Waals surface area contributed by atoms with Crippen LogP contribution in [0.2, 0.25) is 0 Å². The standard InChI is InChI=1S/C25H26FN3O/c26-20-7-5-16(6-8-20)15-29-22-4-2-1-3-21(22)23(28-29)24(30)27-25-12-17-9-18(13-25)11-19(10-17)14-25/h1-8,17-19H,9-15H2,(H,27,30). The molecule has 0 atom stereocenters. The molecule has 0 radical (unpaired) electrons. The Kier molecular flexibility index (Phi) is 4.02. The van der Waals surface area contributed by atoms with E-state index in [1.807, 2.05) is 28.9 Å². The van der Waals surface area contributed by atoms with Crippen molar-refractivity contribution in [3.63, 3.8) is 0 Å². The first-order chi connectivity index (χ1) is 14.6. The average Bonchev–Trinajstić information content (AvgIpc) is 3.07. The van der Waals surface area contributed by atoms with Crippen LogP contribution in [0.3, 0.4) is 0 Å². The second-order valence-electron chi connectivity index (χ2n) is 9.80. The predicted octanol–water partition coefficient (Wildman–Crippen LogP) is 4.92. The van der Waals surface area contributed by atoms with Crippen LogP contribution in [-0.2, 0) is 6.54 Å². The highest BCUT2D eigenvalue weighted by atomic mass is 19.1. The summed E-state index contributed by atoms with van der Waals surface area (Å²) in [7, 11) is 0. The Morgan fingerprint density at radius 2 is 1.63 bits per heavy atom. The monoisotopic (exact) mass is 403 g/mol. The lowest BCUT2D eigenvalue weighted by atomic mass is 9.53. The van der Waals surface area contributed by atoms with Gasteiger partial charge in [-0.1, -0.05) is 30.3 Å². The Bertz CT molecular complexity index is 1080. The molecule has 5 heteroatoms. The van der Waals surface area contributed by atoms with E-state index in [2.05, 4.69) is 5.32 Å². The molecule has 4 fully saturated rings. The van der Waals surface area contributed by atoms with Gasteiger partial charge in [-0.15, -0.1) is 0 Å². The van der Waals surface area contributed by atoms with E-state index in [0.29, 0.717) is 12.2 Å². The van der Waals surface area contributed by atoms with E-state index in [0.717, 1.165) is 53.5 Å². The fourth-order valence-electron chi connectivity index (χ4n) is 6.74. The van der Waals surface area contributed by atoms with Gasteiger partial charge in [0, 0.05) is 10.9 Å². The number of halogens is 1. The lowest BCUT2D eigenvalue weighted by Crippen LogP contribution is -2.59. The van der Waals surface area contributed by atoms with Gasteiger partial charge in [0.25, 0.3) is 5.91 Å². The zero-order valence-corrected chi connectivity index (χ0v) is 17.0. The second kappa shape index (κ2) is 6.66.